The molecule has 96 valence electrons. The van der Waals surface area contributed by atoms with Crippen molar-refractivity contribution in [3.63, 3.8) is 0 Å². The molecule has 0 spiro atoms. The predicted molar refractivity (Wildman–Crippen MR) is 67.1 cm³/mol. The van der Waals surface area contributed by atoms with Crippen molar-refractivity contribution < 1.29 is 21.4 Å². The minimum Gasteiger partial charge on any atom is -0.264 e. The third-order valence-electron chi connectivity index (χ3n) is 2.06. The van der Waals surface area contributed by atoms with Gasteiger partial charge >= 0.3 is 10.4 Å². The molecule has 0 heterocycles. The van der Waals surface area contributed by atoms with Gasteiger partial charge in [-0.1, -0.05) is 12.1 Å². The molecule has 0 aliphatic heterocycles. The van der Waals surface area contributed by atoms with Crippen LogP contribution in [-0.2, 0) is 24.1 Å². The number of hydrogen-bond donors (Lipinski definition) is 1. The van der Waals surface area contributed by atoms with Gasteiger partial charge in [-0.2, -0.15) is 8.42 Å². The molecule has 1 N–H and O–H groups in total. The average molecular weight is 278 g/mol. The second-order valence-electron chi connectivity index (χ2n) is 3.58. The fraction of sp³-hybridized carbons (Fsp3) is 0.300. The fourth-order valence-corrected chi connectivity index (χ4v) is 2.95. The van der Waals surface area contributed by atoms with Crippen molar-refractivity contribution in [2.24, 2.45) is 0 Å². The molecule has 0 saturated heterocycles. The lowest BCUT2D eigenvalue weighted by Gasteiger charge is -2.09. The molecule has 17 heavy (non-hydrogen) atoms. The molecule has 7 heteroatoms. The topological polar surface area (TPSA) is 80.7 Å². The summed E-state index contributed by atoms with van der Waals surface area (Å²) in [5.41, 5.74) is 0.939. The molecule has 0 radical (unpaired) electrons. The molecule has 1 unspecified atom stereocenters. The van der Waals surface area contributed by atoms with E-state index in [1.54, 1.807) is 18.2 Å². The fourth-order valence-electron chi connectivity index (χ4n) is 1.24. The van der Waals surface area contributed by atoms with Crippen molar-refractivity contribution in [3.05, 3.63) is 29.8 Å². The molecule has 0 fully saturated rings. The maximum absolute atomic E-state index is 12.2. The van der Waals surface area contributed by atoms with Crippen molar-refractivity contribution in [1.29, 1.82) is 0 Å². The molecule has 1 aromatic carbocycles. The Balaban J connectivity index is 2.77. The molecule has 1 atom stereocenters. The maximum atomic E-state index is 12.2. The van der Waals surface area contributed by atoms with Crippen molar-refractivity contribution in [2.75, 3.05) is 12.4 Å². The lowest BCUT2D eigenvalue weighted by Crippen LogP contribution is -2.15. The Morgan fingerprint density at radius 3 is 2.53 bits per heavy atom. The quantitative estimate of drug-likeness (QED) is 0.639. The molecular weight excluding hydrogens is 264 g/mol. The second-order valence-corrected chi connectivity index (χ2v) is 7.18. The Morgan fingerprint density at radius 1 is 1.35 bits per heavy atom. The van der Waals surface area contributed by atoms with Gasteiger partial charge in [-0.05, 0) is 40.0 Å². The van der Waals surface area contributed by atoms with Gasteiger partial charge in [0.15, 0.2) is 0 Å². The van der Waals surface area contributed by atoms with Gasteiger partial charge in [-0.3, -0.25) is 8.76 Å². The van der Waals surface area contributed by atoms with Crippen molar-refractivity contribution >= 4 is 25.8 Å². The van der Waals surface area contributed by atoms with E-state index >= 15 is 0 Å². The average Bonchev–Trinajstić information content (AvgIpc) is 2.15. The first kappa shape index (κ1) is 14.2. The molecule has 0 aromatic heterocycles. The van der Waals surface area contributed by atoms with Crippen molar-refractivity contribution in [3.8, 4) is 0 Å². The van der Waals surface area contributed by atoms with E-state index in [1.807, 2.05) is 13.0 Å². The maximum Gasteiger partial charge on any atom is 0.397 e. The zero-order valence-corrected chi connectivity index (χ0v) is 11.0. The lowest BCUT2D eigenvalue weighted by atomic mass is 10.2. The van der Waals surface area contributed by atoms with Gasteiger partial charge < -0.3 is 0 Å². The molecule has 5 nitrogen and oxygen atoms in total. The summed E-state index contributed by atoms with van der Waals surface area (Å²) in [5, 5.41) is 0. The summed E-state index contributed by atoms with van der Waals surface area (Å²) in [6.45, 7) is 1.49. The molecule has 0 bridgehead atoms. The molecule has 1 aromatic rings. The third kappa shape index (κ3) is 4.86. The number of benzene rings is 1. The monoisotopic (exact) mass is 278 g/mol. The Morgan fingerprint density at radius 2 is 2.00 bits per heavy atom. The summed E-state index contributed by atoms with van der Waals surface area (Å²) >= 11 is 0. The van der Waals surface area contributed by atoms with Crippen LogP contribution in [0.15, 0.2) is 29.2 Å². The van der Waals surface area contributed by atoms with Gasteiger partial charge in [0.2, 0.25) is 0 Å². The van der Waals surface area contributed by atoms with Crippen molar-refractivity contribution in [1.82, 2.24) is 0 Å². The molecule has 0 aliphatic rings. The summed E-state index contributed by atoms with van der Waals surface area (Å²) in [5.74, 6) is 3.50. The largest absolute Gasteiger partial charge is 0.397 e. The van der Waals surface area contributed by atoms with Crippen LogP contribution in [0.25, 0.3) is 0 Å². The highest BCUT2D eigenvalue weighted by Crippen LogP contribution is 2.12. The summed E-state index contributed by atoms with van der Waals surface area (Å²) in [7, 11) is -7.10. The highest BCUT2D eigenvalue weighted by Gasteiger charge is 2.11. The zero-order chi connectivity index (χ0) is 13.1. The van der Waals surface area contributed by atoms with Gasteiger partial charge in [0.25, 0.3) is 0 Å². The molecule has 0 amide bonds. The van der Waals surface area contributed by atoms with Crippen LogP contribution in [0.5, 0.6) is 0 Å². The summed E-state index contributed by atoms with van der Waals surface area (Å²) in [4.78, 5) is 0.538. The van der Waals surface area contributed by atoms with Crippen molar-refractivity contribution in [2.45, 2.75) is 11.8 Å². The minimum absolute atomic E-state index is 0.0732. The van der Waals surface area contributed by atoms with Crippen LogP contribution in [-0.4, -0.2) is 35.4 Å². The summed E-state index contributed by atoms with van der Waals surface area (Å²) < 4.78 is 45.3. The summed E-state index contributed by atoms with van der Waals surface area (Å²) in [6, 6.07) is 6.99. The lowest BCUT2D eigenvalue weighted by molar-refractivity contribution is 0.284. The number of rotatable bonds is 5. The van der Waals surface area contributed by atoms with Crippen LogP contribution < -0.4 is 0 Å². The van der Waals surface area contributed by atoms with E-state index in [4.69, 9.17) is 4.55 Å². The smallest absolute Gasteiger partial charge is 0.264 e. The molecule has 0 saturated carbocycles. The first-order valence-corrected chi connectivity index (χ1v) is 8.00. The minimum atomic E-state index is -4.49. The van der Waals surface area contributed by atoms with Gasteiger partial charge in [-0.25, -0.2) is 4.18 Å². The zero-order valence-electron chi connectivity index (χ0n) is 9.33. The number of aryl methyl sites for hydroxylation is 1. The summed E-state index contributed by atoms with van der Waals surface area (Å²) in [6.07, 6.45) is 0. The number of hydrogen-bond acceptors (Lipinski definition) is 4. The standard InChI is InChI=1S/C10H14O5S2/c1-9-4-3-5-10(8-9)16(2,11)7-6-15-17(12,13)14/h3-5,8H,2,6-7H2,1H3,(H,12,13,14). The highest BCUT2D eigenvalue weighted by atomic mass is 32.3. The van der Waals surface area contributed by atoms with E-state index in [0.29, 0.717) is 4.90 Å². The van der Waals surface area contributed by atoms with Gasteiger partial charge in [-0.15, -0.1) is 0 Å². The normalized spacial score (nSPS) is 15.4. The van der Waals surface area contributed by atoms with E-state index in [1.165, 1.54) is 0 Å². The van der Waals surface area contributed by atoms with Crippen LogP contribution in [0, 0.1) is 6.92 Å². The van der Waals surface area contributed by atoms with Gasteiger partial charge in [0.05, 0.1) is 6.61 Å². The van der Waals surface area contributed by atoms with Crippen LogP contribution in [0.2, 0.25) is 0 Å². The van der Waals surface area contributed by atoms with E-state index in [-0.39, 0.29) is 12.4 Å². The van der Waals surface area contributed by atoms with Crippen LogP contribution in [0.1, 0.15) is 5.56 Å². The second kappa shape index (κ2) is 5.18. The Labute approximate surface area is 101 Å². The van der Waals surface area contributed by atoms with E-state index in [2.05, 4.69) is 10.1 Å². The Kier molecular flexibility index (Phi) is 4.31. The molecule has 0 aliphatic carbocycles. The first-order chi connectivity index (χ1) is 7.71. The Bertz CT molecular complexity index is 587. The van der Waals surface area contributed by atoms with Crippen LogP contribution in [0.3, 0.4) is 0 Å². The third-order valence-corrected chi connectivity index (χ3v) is 4.47. The molecule has 1 rings (SSSR count). The van der Waals surface area contributed by atoms with Crippen LogP contribution >= 0.6 is 0 Å². The molecular formula is C10H14O5S2. The SMILES string of the molecule is C=S(=O)(CCOS(=O)(=O)O)c1cccc(C)c1. The van der Waals surface area contributed by atoms with E-state index < -0.39 is 19.9 Å². The van der Waals surface area contributed by atoms with Gasteiger partial charge in [0.1, 0.15) is 0 Å². The van der Waals surface area contributed by atoms with E-state index in [9.17, 15) is 12.6 Å². The first-order valence-electron chi connectivity index (χ1n) is 4.74. The van der Waals surface area contributed by atoms with Gasteiger partial charge in [0, 0.05) is 10.6 Å². The predicted octanol–water partition coefficient (Wildman–Crippen LogP) is 0.890. The highest BCUT2D eigenvalue weighted by molar-refractivity contribution is 8.00. The van der Waals surface area contributed by atoms with Crippen LogP contribution in [0.4, 0.5) is 0 Å². The van der Waals surface area contributed by atoms with E-state index in [0.717, 1.165) is 5.56 Å². The Hall–Kier alpha value is -0.890.